The molecule has 1 heterocycles. The number of rotatable bonds is 1. The zero-order valence-corrected chi connectivity index (χ0v) is 5.80. The van der Waals surface area contributed by atoms with Gasteiger partial charge in [-0.3, -0.25) is 4.90 Å². The summed E-state index contributed by atoms with van der Waals surface area (Å²) in [6.07, 6.45) is 2.24. The predicted octanol–water partition coefficient (Wildman–Crippen LogP) is 1.15. The maximum Gasteiger partial charge on any atom is 0.102 e. The minimum atomic E-state index is 0.227. The molecule has 2 heteroatoms. The second-order valence-corrected chi connectivity index (χ2v) is 2.63. The van der Waals surface area contributed by atoms with Gasteiger partial charge in [0.15, 0.2) is 0 Å². The van der Waals surface area contributed by atoms with Crippen molar-refractivity contribution in [2.45, 2.75) is 18.9 Å². The van der Waals surface area contributed by atoms with Crippen LogP contribution in [0.3, 0.4) is 0 Å². The van der Waals surface area contributed by atoms with Crippen molar-refractivity contribution in [1.82, 2.24) is 4.90 Å². The van der Waals surface area contributed by atoms with Gasteiger partial charge < -0.3 is 5.11 Å². The Bertz CT molecular complexity index is 122. The molecule has 0 aromatic carbocycles. The summed E-state index contributed by atoms with van der Waals surface area (Å²) in [7, 11) is 2.01. The summed E-state index contributed by atoms with van der Waals surface area (Å²) in [5.74, 6) is 0.315. The highest BCUT2D eigenvalue weighted by atomic mass is 16.3. The summed E-state index contributed by atoms with van der Waals surface area (Å²) in [5, 5.41) is 8.99. The Morgan fingerprint density at radius 1 is 1.78 bits per heavy atom. The minimum absolute atomic E-state index is 0.227. The molecule has 0 unspecified atom stereocenters. The zero-order chi connectivity index (χ0) is 6.85. The van der Waals surface area contributed by atoms with Gasteiger partial charge in [0, 0.05) is 0 Å². The van der Waals surface area contributed by atoms with E-state index in [0.717, 1.165) is 13.0 Å². The molecule has 0 bridgehead atoms. The molecule has 0 radical (unpaired) electrons. The molecule has 1 N–H and O–H groups in total. The average molecular weight is 127 g/mol. The van der Waals surface area contributed by atoms with Gasteiger partial charge in [0.05, 0.1) is 6.04 Å². The highest BCUT2D eigenvalue weighted by Crippen LogP contribution is 2.18. The Morgan fingerprint density at radius 2 is 2.44 bits per heavy atom. The van der Waals surface area contributed by atoms with Crippen LogP contribution in [0, 0.1) is 0 Å². The van der Waals surface area contributed by atoms with Gasteiger partial charge in [-0.1, -0.05) is 6.58 Å². The van der Waals surface area contributed by atoms with E-state index in [9.17, 15) is 0 Å². The molecule has 0 amide bonds. The van der Waals surface area contributed by atoms with Gasteiger partial charge in [-0.2, -0.15) is 0 Å². The highest BCUT2D eigenvalue weighted by Gasteiger charge is 2.22. The van der Waals surface area contributed by atoms with Gasteiger partial charge in [0.25, 0.3) is 0 Å². The average Bonchev–Trinajstić information content (AvgIpc) is 2.13. The molecule has 0 spiro atoms. The second-order valence-electron chi connectivity index (χ2n) is 2.63. The quantitative estimate of drug-likeness (QED) is 0.534. The SMILES string of the molecule is C=C(O)[C@H]1CCCN1C. The van der Waals surface area contributed by atoms with Crippen molar-refractivity contribution in [2.24, 2.45) is 0 Å². The monoisotopic (exact) mass is 127 g/mol. The smallest absolute Gasteiger partial charge is 0.102 e. The first-order chi connectivity index (χ1) is 4.22. The fourth-order valence-corrected chi connectivity index (χ4v) is 1.33. The van der Waals surface area contributed by atoms with Crippen molar-refractivity contribution < 1.29 is 5.11 Å². The lowest BCUT2D eigenvalue weighted by atomic mass is 10.2. The normalized spacial score (nSPS) is 28.8. The topological polar surface area (TPSA) is 23.5 Å². The van der Waals surface area contributed by atoms with Gasteiger partial charge in [0.1, 0.15) is 5.76 Å². The van der Waals surface area contributed by atoms with Crippen molar-refractivity contribution in [1.29, 1.82) is 0 Å². The van der Waals surface area contributed by atoms with E-state index in [4.69, 9.17) is 5.11 Å². The number of aliphatic hydroxyl groups is 1. The summed E-state index contributed by atoms with van der Waals surface area (Å²) in [6.45, 7) is 4.59. The third-order valence-electron chi connectivity index (χ3n) is 1.91. The Kier molecular flexibility index (Phi) is 1.76. The van der Waals surface area contributed by atoms with Gasteiger partial charge in [0.2, 0.25) is 0 Å². The molecule has 0 aromatic rings. The molecule has 1 atom stereocenters. The van der Waals surface area contributed by atoms with E-state index < -0.39 is 0 Å². The van der Waals surface area contributed by atoms with Crippen LogP contribution in [0.5, 0.6) is 0 Å². The number of aliphatic hydroxyl groups excluding tert-OH is 1. The Labute approximate surface area is 55.8 Å². The first kappa shape index (κ1) is 6.62. The highest BCUT2D eigenvalue weighted by molar-refractivity contribution is 4.98. The Balaban J connectivity index is 2.49. The number of likely N-dealkylation sites (N-methyl/N-ethyl adjacent to an activating group) is 1. The van der Waals surface area contributed by atoms with E-state index in [1.807, 2.05) is 7.05 Å². The van der Waals surface area contributed by atoms with Crippen LogP contribution >= 0.6 is 0 Å². The van der Waals surface area contributed by atoms with Crippen LogP contribution in [0.1, 0.15) is 12.8 Å². The lowest BCUT2D eigenvalue weighted by Crippen LogP contribution is -2.26. The number of hydrogen-bond acceptors (Lipinski definition) is 2. The first-order valence-corrected chi connectivity index (χ1v) is 3.30. The molecule has 2 nitrogen and oxygen atoms in total. The van der Waals surface area contributed by atoms with Gasteiger partial charge in [-0.05, 0) is 26.4 Å². The molecule has 1 aliphatic rings. The molecular weight excluding hydrogens is 114 g/mol. The first-order valence-electron chi connectivity index (χ1n) is 3.30. The van der Waals surface area contributed by atoms with E-state index in [0.29, 0.717) is 5.76 Å². The lowest BCUT2D eigenvalue weighted by Gasteiger charge is -2.16. The third kappa shape index (κ3) is 1.24. The van der Waals surface area contributed by atoms with Crippen molar-refractivity contribution in [2.75, 3.05) is 13.6 Å². The maximum absolute atomic E-state index is 8.99. The van der Waals surface area contributed by atoms with Gasteiger partial charge in [-0.25, -0.2) is 0 Å². The maximum atomic E-state index is 8.99. The summed E-state index contributed by atoms with van der Waals surface area (Å²) in [6, 6.07) is 0.227. The molecule has 1 saturated heterocycles. The molecular formula is C7H13NO. The van der Waals surface area contributed by atoms with Crippen LogP contribution in [0.2, 0.25) is 0 Å². The van der Waals surface area contributed by atoms with Crippen molar-refractivity contribution >= 4 is 0 Å². The largest absolute Gasteiger partial charge is 0.511 e. The molecule has 0 saturated carbocycles. The van der Waals surface area contributed by atoms with Crippen LogP contribution in [0.4, 0.5) is 0 Å². The summed E-state index contributed by atoms with van der Waals surface area (Å²) < 4.78 is 0. The third-order valence-corrected chi connectivity index (χ3v) is 1.91. The molecule has 1 fully saturated rings. The van der Waals surface area contributed by atoms with Gasteiger partial charge in [-0.15, -0.1) is 0 Å². The number of likely N-dealkylation sites (tertiary alicyclic amines) is 1. The van der Waals surface area contributed by atoms with Crippen molar-refractivity contribution in [3.05, 3.63) is 12.3 Å². The van der Waals surface area contributed by atoms with Crippen LogP contribution in [0.15, 0.2) is 12.3 Å². The minimum Gasteiger partial charge on any atom is -0.511 e. The molecule has 0 aliphatic carbocycles. The Hall–Kier alpha value is -0.500. The molecule has 1 aliphatic heterocycles. The lowest BCUT2D eigenvalue weighted by molar-refractivity contribution is 0.257. The fraction of sp³-hybridized carbons (Fsp3) is 0.714. The predicted molar refractivity (Wildman–Crippen MR) is 37.4 cm³/mol. The van der Waals surface area contributed by atoms with Crippen molar-refractivity contribution in [3.8, 4) is 0 Å². The number of nitrogens with zero attached hydrogens (tertiary/aromatic N) is 1. The van der Waals surface area contributed by atoms with E-state index >= 15 is 0 Å². The summed E-state index contributed by atoms with van der Waals surface area (Å²) >= 11 is 0. The van der Waals surface area contributed by atoms with Crippen molar-refractivity contribution in [3.63, 3.8) is 0 Å². The molecule has 0 aromatic heterocycles. The standard InChI is InChI=1S/C7H13NO/c1-6(9)7-4-3-5-8(7)2/h7,9H,1,3-5H2,2H3/t7-/m1/s1. The number of hydrogen-bond donors (Lipinski definition) is 1. The Morgan fingerprint density at radius 3 is 2.67 bits per heavy atom. The van der Waals surface area contributed by atoms with Crippen LogP contribution in [-0.2, 0) is 0 Å². The van der Waals surface area contributed by atoms with E-state index in [1.165, 1.54) is 6.42 Å². The fourth-order valence-electron chi connectivity index (χ4n) is 1.33. The van der Waals surface area contributed by atoms with Crippen LogP contribution in [-0.4, -0.2) is 29.6 Å². The van der Waals surface area contributed by atoms with E-state index in [1.54, 1.807) is 0 Å². The molecule has 1 rings (SSSR count). The summed E-state index contributed by atoms with van der Waals surface area (Å²) in [5.41, 5.74) is 0. The second kappa shape index (κ2) is 2.40. The van der Waals surface area contributed by atoms with E-state index in [2.05, 4.69) is 11.5 Å². The molecule has 9 heavy (non-hydrogen) atoms. The zero-order valence-electron chi connectivity index (χ0n) is 5.80. The van der Waals surface area contributed by atoms with Crippen LogP contribution in [0.25, 0.3) is 0 Å². The van der Waals surface area contributed by atoms with E-state index in [-0.39, 0.29) is 6.04 Å². The summed E-state index contributed by atoms with van der Waals surface area (Å²) in [4.78, 5) is 2.13. The molecule has 52 valence electrons. The van der Waals surface area contributed by atoms with Crippen LogP contribution < -0.4 is 0 Å². The van der Waals surface area contributed by atoms with Gasteiger partial charge >= 0.3 is 0 Å².